The summed E-state index contributed by atoms with van der Waals surface area (Å²) in [6, 6.07) is 0. The molecule has 2 atom stereocenters. The highest BCUT2D eigenvalue weighted by Gasteiger charge is 2.32. The highest BCUT2D eigenvalue weighted by molar-refractivity contribution is 8.01. The van der Waals surface area contributed by atoms with Gasteiger partial charge in [-0.25, -0.2) is 4.98 Å². The SMILES string of the molecule is NC1(CO)CCCC(Sc2ncns2)C1. The van der Waals surface area contributed by atoms with E-state index in [-0.39, 0.29) is 12.1 Å². The summed E-state index contributed by atoms with van der Waals surface area (Å²) in [6.45, 7) is 0.0835. The van der Waals surface area contributed by atoms with E-state index in [2.05, 4.69) is 9.36 Å². The van der Waals surface area contributed by atoms with Gasteiger partial charge < -0.3 is 10.8 Å². The van der Waals surface area contributed by atoms with Crippen molar-refractivity contribution in [1.82, 2.24) is 9.36 Å². The number of hydrogen-bond donors (Lipinski definition) is 2. The third kappa shape index (κ3) is 2.90. The van der Waals surface area contributed by atoms with E-state index in [1.165, 1.54) is 11.5 Å². The van der Waals surface area contributed by atoms with Crippen molar-refractivity contribution >= 4 is 23.3 Å². The molecule has 0 saturated heterocycles. The number of hydrogen-bond acceptors (Lipinski definition) is 6. The maximum absolute atomic E-state index is 9.23. The van der Waals surface area contributed by atoms with Gasteiger partial charge in [-0.1, -0.05) is 18.2 Å². The second kappa shape index (κ2) is 4.78. The van der Waals surface area contributed by atoms with Gasteiger partial charge in [-0.2, -0.15) is 4.37 Å². The van der Waals surface area contributed by atoms with E-state index in [4.69, 9.17) is 5.73 Å². The molecule has 4 nitrogen and oxygen atoms in total. The van der Waals surface area contributed by atoms with Crippen LogP contribution in [0.5, 0.6) is 0 Å². The van der Waals surface area contributed by atoms with Crippen LogP contribution in [0.1, 0.15) is 25.7 Å². The lowest BCUT2D eigenvalue weighted by Gasteiger charge is -2.35. The van der Waals surface area contributed by atoms with Crippen LogP contribution in [0.25, 0.3) is 0 Å². The van der Waals surface area contributed by atoms with Gasteiger partial charge in [0.15, 0.2) is 4.34 Å². The molecule has 2 rings (SSSR count). The average molecular weight is 245 g/mol. The van der Waals surface area contributed by atoms with Gasteiger partial charge in [-0.3, -0.25) is 0 Å². The van der Waals surface area contributed by atoms with Crippen LogP contribution in [-0.2, 0) is 0 Å². The Balaban J connectivity index is 1.93. The Labute approximate surface area is 97.5 Å². The van der Waals surface area contributed by atoms with Gasteiger partial charge in [0.2, 0.25) is 0 Å². The molecule has 1 aromatic heterocycles. The van der Waals surface area contributed by atoms with Gasteiger partial charge in [-0.15, -0.1) is 0 Å². The predicted octanol–water partition coefficient (Wildman–Crippen LogP) is 1.26. The molecule has 0 bridgehead atoms. The predicted molar refractivity (Wildman–Crippen MR) is 62.0 cm³/mol. The fourth-order valence-corrected chi connectivity index (χ4v) is 4.02. The lowest BCUT2D eigenvalue weighted by atomic mass is 9.83. The lowest BCUT2D eigenvalue weighted by Crippen LogP contribution is -2.48. The van der Waals surface area contributed by atoms with Gasteiger partial charge in [0.1, 0.15) is 6.33 Å². The fourth-order valence-electron chi connectivity index (χ4n) is 1.94. The van der Waals surface area contributed by atoms with Crippen LogP contribution in [0, 0.1) is 0 Å². The molecule has 1 aromatic rings. The summed E-state index contributed by atoms with van der Waals surface area (Å²) < 4.78 is 4.98. The number of nitrogens with zero attached hydrogens (tertiary/aromatic N) is 2. The summed E-state index contributed by atoms with van der Waals surface area (Å²) in [4.78, 5) is 4.15. The third-order valence-electron chi connectivity index (χ3n) is 2.76. The summed E-state index contributed by atoms with van der Waals surface area (Å²) in [7, 11) is 0. The maximum Gasteiger partial charge on any atom is 0.170 e. The fraction of sp³-hybridized carbons (Fsp3) is 0.778. The molecule has 3 N–H and O–H groups in total. The first kappa shape index (κ1) is 11.3. The Bertz CT molecular complexity index is 306. The highest BCUT2D eigenvalue weighted by Crippen LogP contribution is 2.37. The summed E-state index contributed by atoms with van der Waals surface area (Å²) in [5, 5.41) is 9.71. The summed E-state index contributed by atoms with van der Waals surface area (Å²) >= 11 is 3.17. The standard InChI is InChI=1S/C9H15N3OS2/c10-9(5-13)3-1-2-7(4-9)14-8-11-6-12-15-8/h6-7,13H,1-5,10H2. The van der Waals surface area contributed by atoms with Crippen LogP contribution in [0.2, 0.25) is 0 Å². The molecular weight excluding hydrogens is 230 g/mol. The van der Waals surface area contributed by atoms with E-state index in [0.29, 0.717) is 5.25 Å². The highest BCUT2D eigenvalue weighted by atomic mass is 32.2. The molecule has 1 heterocycles. The Kier molecular flexibility index (Phi) is 3.60. The van der Waals surface area contributed by atoms with Gasteiger partial charge in [-0.05, 0) is 30.8 Å². The van der Waals surface area contributed by atoms with E-state index >= 15 is 0 Å². The van der Waals surface area contributed by atoms with Crippen molar-refractivity contribution in [3.8, 4) is 0 Å². The summed E-state index contributed by atoms with van der Waals surface area (Å²) in [6.07, 6.45) is 5.62. The molecule has 15 heavy (non-hydrogen) atoms. The van der Waals surface area contributed by atoms with E-state index in [0.717, 1.165) is 30.0 Å². The first-order valence-corrected chi connectivity index (χ1v) is 6.70. The molecule has 84 valence electrons. The smallest absolute Gasteiger partial charge is 0.170 e. The van der Waals surface area contributed by atoms with Crippen LogP contribution in [0.4, 0.5) is 0 Å². The molecule has 0 aliphatic heterocycles. The van der Waals surface area contributed by atoms with Gasteiger partial charge in [0.05, 0.1) is 6.61 Å². The topological polar surface area (TPSA) is 72.0 Å². The van der Waals surface area contributed by atoms with Crippen molar-refractivity contribution < 1.29 is 5.11 Å². The first-order valence-electron chi connectivity index (χ1n) is 5.05. The molecule has 0 spiro atoms. The maximum atomic E-state index is 9.23. The second-order valence-corrected chi connectivity index (χ2v) is 6.39. The number of thioether (sulfide) groups is 1. The lowest BCUT2D eigenvalue weighted by molar-refractivity contribution is 0.159. The molecule has 1 aliphatic carbocycles. The quantitative estimate of drug-likeness (QED) is 0.839. The molecule has 0 amide bonds. The zero-order valence-electron chi connectivity index (χ0n) is 8.43. The summed E-state index contributed by atoms with van der Waals surface area (Å²) in [5.74, 6) is 0. The van der Waals surface area contributed by atoms with Crippen LogP contribution in [0.15, 0.2) is 10.7 Å². The molecule has 1 fully saturated rings. The van der Waals surface area contributed by atoms with Crippen LogP contribution >= 0.6 is 23.3 Å². The van der Waals surface area contributed by atoms with Gasteiger partial charge in [0, 0.05) is 10.8 Å². The summed E-state index contributed by atoms with van der Waals surface area (Å²) in [5.41, 5.74) is 5.71. The van der Waals surface area contributed by atoms with E-state index < -0.39 is 0 Å². The van der Waals surface area contributed by atoms with E-state index in [1.54, 1.807) is 18.1 Å². The Hall–Kier alpha value is -0.170. The van der Waals surface area contributed by atoms with Crippen LogP contribution < -0.4 is 5.73 Å². The largest absolute Gasteiger partial charge is 0.394 e. The van der Waals surface area contributed by atoms with Crippen molar-refractivity contribution in [2.24, 2.45) is 5.73 Å². The molecular formula is C9H15N3OS2. The monoisotopic (exact) mass is 245 g/mol. The minimum atomic E-state index is -0.374. The molecule has 1 saturated carbocycles. The number of nitrogens with two attached hydrogens (primary N) is 1. The van der Waals surface area contributed by atoms with Crippen molar-refractivity contribution in [3.05, 3.63) is 6.33 Å². The van der Waals surface area contributed by atoms with E-state index in [9.17, 15) is 5.11 Å². The minimum Gasteiger partial charge on any atom is -0.394 e. The van der Waals surface area contributed by atoms with Crippen LogP contribution in [-0.4, -0.2) is 31.9 Å². The van der Waals surface area contributed by atoms with Crippen molar-refractivity contribution in [3.63, 3.8) is 0 Å². The Morgan fingerprint density at radius 3 is 3.27 bits per heavy atom. The van der Waals surface area contributed by atoms with Crippen molar-refractivity contribution in [2.45, 2.75) is 40.8 Å². The zero-order valence-corrected chi connectivity index (χ0v) is 10.1. The Morgan fingerprint density at radius 1 is 1.73 bits per heavy atom. The number of rotatable bonds is 3. The normalized spacial score (nSPS) is 31.7. The number of aromatic nitrogens is 2. The molecule has 0 radical (unpaired) electrons. The molecule has 2 unspecified atom stereocenters. The Morgan fingerprint density at radius 2 is 2.60 bits per heavy atom. The van der Waals surface area contributed by atoms with E-state index in [1.807, 2.05) is 0 Å². The number of aliphatic hydroxyl groups is 1. The van der Waals surface area contributed by atoms with Crippen molar-refractivity contribution in [1.29, 1.82) is 0 Å². The van der Waals surface area contributed by atoms with Crippen molar-refractivity contribution in [2.75, 3.05) is 6.61 Å². The molecule has 0 aromatic carbocycles. The molecule has 6 heteroatoms. The third-order valence-corrected chi connectivity index (χ3v) is 4.77. The van der Waals surface area contributed by atoms with Crippen LogP contribution in [0.3, 0.4) is 0 Å². The molecule has 1 aliphatic rings. The average Bonchev–Trinajstić information content (AvgIpc) is 2.71. The minimum absolute atomic E-state index is 0.0835. The van der Waals surface area contributed by atoms with Gasteiger partial charge >= 0.3 is 0 Å². The first-order chi connectivity index (χ1) is 7.22. The zero-order chi connectivity index (χ0) is 10.7. The number of aliphatic hydroxyl groups excluding tert-OH is 1. The second-order valence-electron chi connectivity index (χ2n) is 4.06. The van der Waals surface area contributed by atoms with Gasteiger partial charge in [0.25, 0.3) is 0 Å².